The normalized spacial score (nSPS) is 11.7. The van der Waals surface area contributed by atoms with E-state index in [1.807, 2.05) is 19.1 Å². The number of nitrogens with one attached hydrogen (secondary N) is 1. The number of rotatable bonds is 7. The van der Waals surface area contributed by atoms with Crippen LogP contribution in [0.3, 0.4) is 0 Å². The molecule has 0 bridgehead atoms. The van der Waals surface area contributed by atoms with Crippen LogP contribution >= 0.6 is 23.2 Å². The Morgan fingerprint density at radius 1 is 1.13 bits per heavy atom. The molecule has 0 aliphatic carbocycles. The zero-order valence-corrected chi connectivity index (χ0v) is 18.1. The fraction of sp³-hybridized carbons (Fsp3) is 0.227. The lowest BCUT2D eigenvalue weighted by molar-refractivity contribution is -0.127. The zero-order valence-electron chi connectivity index (χ0n) is 16.6. The molecule has 3 rings (SSSR count). The van der Waals surface area contributed by atoms with Crippen LogP contribution in [0, 0.1) is 6.92 Å². The highest BCUT2D eigenvalue weighted by Crippen LogP contribution is 2.22. The number of carbonyl (C=O) groups excluding carboxylic acids is 1. The van der Waals surface area contributed by atoms with Crippen LogP contribution in [0.25, 0.3) is 11.3 Å². The van der Waals surface area contributed by atoms with Gasteiger partial charge in [0, 0.05) is 28.2 Å². The number of nitrogens with zero attached hydrogens (tertiary/aromatic N) is 2. The molecule has 8 heteroatoms. The average molecular weight is 446 g/mol. The minimum atomic E-state index is -0.698. The minimum absolute atomic E-state index is 0.235. The molecule has 1 heterocycles. The first-order chi connectivity index (χ1) is 14.3. The van der Waals surface area contributed by atoms with Gasteiger partial charge in [-0.1, -0.05) is 35.3 Å². The first-order valence-corrected chi connectivity index (χ1v) is 10.1. The number of hydrogen-bond donors (Lipinski definition) is 1. The van der Waals surface area contributed by atoms with Crippen LogP contribution in [0.1, 0.15) is 12.5 Å². The quantitative estimate of drug-likeness (QED) is 0.593. The Hall–Kier alpha value is -2.83. The van der Waals surface area contributed by atoms with E-state index in [0.717, 1.165) is 11.1 Å². The SMILES string of the molecule is Cc1cc(OC(C)C(=O)NCCn2nc(-c3ccc(Cl)cc3)ccc2=O)ccc1Cl. The molecule has 2 aromatic carbocycles. The van der Waals surface area contributed by atoms with Crippen LogP contribution in [0.15, 0.2) is 59.4 Å². The van der Waals surface area contributed by atoms with Gasteiger partial charge in [0.2, 0.25) is 0 Å². The monoisotopic (exact) mass is 445 g/mol. The van der Waals surface area contributed by atoms with Gasteiger partial charge in [0.1, 0.15) is 5.75 Å². The van der Waals surface area contributed by atoms with Gasteiger partial charge >= 0.3 is 0 Å². The number of aromatic nitrogens is 2. The molecular formula is C22H21Cl2N3O3. The molecule has 0 aliphatic heterocycles. The molecule has 156 valence electrons. The molecule has 3 aromatic rings. The predicted octanol–water partition coefficient (Wildman–Crippen LogP) is 4.11. The molecule has 1 amide bonds. The maximum atomic E-state index is 12.3. The standard InChI is InChI=1S/C22H21Cl2N3O3/c1-14-13-18(7-8-19(14)24)30-15(2)22(29)25-11-12-27-21(28)10-9-20(26-27)16-3-5-17(23)6-4-16/h3-10,13,15H,11-12H2,1-2H3,(H,25,29). The summed E-state index contributed by atoms with van der Waals surface area (Å²) in [7, 11) is 0. The van der Waals surface area contributed by atoms with Crippen molar-refractivity contribution < 1.29 is 9.53 Å². The van der Waals surface area contributed by atoms with Crippen molar-refractivity contribution in [1.82, 2.24) is 15.1 Å². The summed E-state index contributed by atoms with van der Waals surface area (Å²) in [5.41, 5.74) is 2.11. The molecule has 1 N–H and O–H groups in total. The third-order valence-electron chi connectivity index (χ3n) is 4.44. The molecule has 0 saturated heterocycles. The molecular weight excluding hydrogens is 425 g/mol. The van der Waals surface area contributed by atoms with E-state index in [9.17, 15) is 9.59 Å². The number of hydrogen-bond acceptors (Lipinski definition) is 4. The molecule has 1 unspecified atom stereocenters. The van der Waals surface area contributed by atoms with Gasteiger partial charge < -0.3 is 10.1 Å². The Morgan fingerprint density at radius 3 is 2.57 bits per heavy atom. The van der Waals surface area contributed by atoms with E-state index in [0.29, 0.717) is 21.5 Å². The van der Waals surface area contributed by atoms with Crippen LogP contribution < -0.4 is 15.6 Å². The van der Waals surface area contributed by atoms with Crippen molar-refractivity contribution in [2.75, 3.05) is 6.54 Å². The Balaban J connectivity index is 1.58. The number of halogens is 2. The van der Waals surface area contributed by atoms with E-state index in [2.05, 4.69) is 10.4 Å². The van der Waals surface area contributed by atoms with Gasteiger partial charge in [-0.25, -0.2) is 4.68 Å². The summed E-state index contributed by atoms with van der Waals surface area (Å²) in [6.45, 7) is 4.00. The summed E-state index contributed by atoms with van der Waals surface area (Å²) in [6, 6.07) is 15.5. The van der Waals surface area contributed by atoms with E-state index in [1.54, 1.807) is 43.3 Å². The highest BCUT2D eigenvalue weighted by Gasteiger charge is 2.15. The van der Waals surface area contributed by atoms with Gasteiger partial charge in [0.25, 0.3) is 11.5 Å². The Labute approximate surface area is 184 Å². The predicted molar refractivity (Wildman–Crippen MR) is 118 cm³/mol. The third-order valence-corrected chi connectivity index (χ3v) is 5.12. The highest BCUT2D eigenvalue weighted by molar-refractivity contribution is 6.31. The smallest absolute Gasteiger partial charge is 0.266 e. The van der Waals surface area contributed by atoms with Crippen LogP contribution in [0.4, 0.5) is 0 Å². The summed E-state index contributed by atoms with van der Waals surface area (Å²) < 4.78 is 6.98. The lowest BCUT2D eigenvalue weighted by atomic mass is 10.1. The van der Waals surface area contributed by atoms with E-state index in [4.69, 9.17) is 27.9 Å². The molecule has 0 aliphatic rings. The molecule has 0 spiro atoms. The van der Waals surface area contributed by atoms with E-state index < -0.39 is 6.10 Å². The van der Waals surface area contributed by atoms with Crippen LogP contribution in [-0.4, -0.2) is 28.3 Å². The van der Waals surface area contributed by atoms with Crippen LogP contribution in [0.2, 0.25) is 10.0 Å². The van der Waals surface area contributed by atoms with E-state index in [1.165, 1.54) is 10.7 Å². The van der Waals surface area contributed by atoms with Crippen molar-refractivity contribution in [3.63, 3.8) is 0 Å². The van der Waals surface area contributed by atoms with Gasteiger partial charge in [-0.3, -0.25) is 9.59 Å². The fourth-order valence-electron chi connectivity index (χ4n) is 2.76. The Morgan fingerprint density at radius 2 is 1.87 bits per heavy atom. The zero-order chi connectivity index (χ0) is 21.7. The molecule has 1 aromatic heterocycles. The maximum absolute atomic E-state index is 12.3. The maximum Gasteiger partial charge on any atom is 0.266 e. The van der Waals surface area contributed by atoms with Gasteiger partial charge in [-0.2, -0.15) is 5.10 Å². The third kappa shape index (κ3) is 5.62. The molecule has 30 heavy (non-hydrogen) atoms. The molecule has 0 fully saturated rings. The van der Waals surface area contributed by atoms with Gasteiger partial charge in [-0.15, -0.1) is 0 Å². The number of carbonyl (C=O) groups is 1. The molecule has 0 saturated carbocycles. The van der Waals surface area contributed by atoms with E-state index in [-0.39, 0.29) is 24.6 Å². The Kier molecular flexibility index (Phi) is 7.13. The van der Waals surface area contributed by atoms with Crippen molar-refractivity contribution in [2.45, 2.75) is 26.5 Å². The number of aryl methyl sites for hydroxylation is 1. The summed E-state index contributed by atoms with van der Waals surface area (Å²) in [5.74, 6) is 0.276. The Bertz CT molecular complexity index is 1100. The number of amides is 1. The van der Waals surface area contributed by atoms with Crippen molar-refractivity contribution in [3.8, 4) is 17.0 Å². The van der Waals surface area contributed by atoms with Crippen molar-refractivity contribution in [1.29, 1.82) is 0 Å². The summed E-state index contributed by atoms with van der Waals surface area (Å²) >= 11 is 11.9. The van der Waals surface area contributed by atoms with Crippen LogP contribution in [-0.2, 0) is 11.3 Å². The average Bonchev–Trinajstić information content (AvgIpc) is 2.72. The second kappa shape index (κ2) is 9.78. The first kappa shape index (κ1) is 21.9. The molecule has 0 radical (unpaired) electrons. The fourth-order valence-corrected chi connectivity index (χ4v) is 3.00. The number of ether oxygens (including phenoxy) is 1. The lowest BCUT2D eigenvalue weighted by Gasteiger charge is -2.15. The van der Waals surface area contributed by atoms with E-state index >= 15 is 0 Å². The lowest BCUT2D eigenvalue weighted by Crippen LogP contribution is -2.39. The van der Waals surface area contributed by atoms with Gasteiger partial charge in [-0.05, 0) is 55.8 Å². The summed E-state index contributed by atoms with van der Waals surface area (Å²) in [6.07, 6.45) is -0.698. The second-order valence-corrected chi connectivity index (χ2v) is 7.59. The van der Waals surface area contributed by atoms with Crippen molar-refractivity contribution in [3.05, 3.63) is 80.6 Å². The second-order valence-electron chi connectivity index (χ2n) is 6.75. The number of benzene rings is 2. The minimum Gasteiger partial charge on any atom is -0.481 e. The van der Waals surface area contributed by atoms with Gasteiger partial charge in [0.05, 0.1) is 12.2 Å². The summed E-state index contributed by atoms with van der Waals surface area (Å²) in [4.78, 5) is 24.4. The molecule has 6 nitrogen and oxygen atoms in total. The topological polar surface area (TPSA) is 73.2 Å². The largest absolute Gasteiger partial charge is 0.481 e. The van der Waals surface area contributed by atoms with Crippen molar-refractivity contribution >= 4 is 29.1 Å². The van der Waals surface area contributed by atoms with Crippen LogP contribution in [0.5, 0.6) is 5.75 Å². The summed E-state index contributed by atoms with van der Waals surface area (Å²) in [5, 5.41) is 8.39. The van der Waals surface area contributed by atoms with Crippen molar-refractivity contribution in [2.24, 2.45) is 0 Å². The van der Waals surface area contributed by atoms with Gasteiger partial charge in [0.15, 0.2) is 6.10 Å². The molecule has 1 atom stereocenters. The highest BCUT2D eigenvalue weighted by atomic mass is 35.5. The first-order valence-electron chi connectivity index (χ1n) is 9.38.